The summed E-state index contributed by atoms with van der Waals surface area (Å²) in [5.74, 6) is 0.256. The van der Waals surface area contributed by atoms with E-state index in [1.807, 2.05) is 13.8 Å². The van der Waals surface area contributed by atoms with Crippen LogP contribution in [0.15, 0.2) is 0 Å². The van der Waals surface area contributed by atoms with E-state index in [4.69, 9.17) is 26.8 Å². The van der Waals surface area contributed by atoms with Gasteiger partial charge in [0.15, 0.2) is 11.0 Å². The average molecular weight is 374 g/mol. The standard InChI is InChI=1S/C12H19ClF3N5O3/c1-11(2,19-10-18-9(17)8(13)20-21-10)7-23-4-3-22-5-6-24-12(14,15)16/h3-7H2,1-2H3,(H3,17,18,19,21). The molecule has 1 aromatic heterocycles. The molecule has 0 saturated heterocycles. The Hall–Kier alpha value is -1.43. The number of alkyl halides is 3. The number of hydrogen-bond acceptors (Lipinski definition) is 8. The lowest BCUT2D eigenvalue weighted by molar-refractivity contribution is -0.327. The summed E-state index contributed by atoms with van der Waals surface area (Å²) in [4.78, 5) is 3.93. The first-order chi connectivity index (χ1) is 11.1. The Bertz CT molecular complexity index is 519. The molecule has 0 atom stereocenters. The highest BCUT2D eigenvalue weighted by molar-refractivity contribution is 6.31. The lowest BCUT2D eigenvalue weighted by atomic mass is 10.1. The van der Waals surface area contributed by atoms with Crippen molar-refractivity contribution in [3.05, 3.63) is 5.15 Å². The summed E-state index contributed by atoms with van der Waals surface area (Å²) in [6.07, 6.45) is -4.64. The second-order valence-electron chi connectivity index (χ2n) is 5.28. The van der Waals surface area contributed by atoms with Gasteiger partial charge in [0.1, 0.15) is 0 Å². The second kappa shape index (κ2) is 9.16. The Morgan fingerprint density at radius 3 is 2.33 bits per heavy atom. The maximum atomic E-state index is 11.7. The van der Waals surface area contributed by atoms with E-state index in [-0.39, 0.29) is 43.3 Å². The zero-order valence-corrected chi connectivity index (χ0v) is 13.9. The van der Waals surface area contributed by atoms with Crippen LogP contribution < -0.4 is 11.1 Å². The summed E-state index contributed by atoms with van der Waals surface area (Å²) in [7, 11) is 0. The van der Waals surface area contributed by atoms with Gasteiger partial charge in [-0.1, -0.05) is 11.6 Å². The van der Waals surface area contributed by atoms with Crippen LogP contribution in [0.3, 0.4) is 0 Å². The normalized spacial score (nSPS) is 12.4. The highest BCUT2D eigenvalue weighted by atomic mass is 35.5. The monoisotopic (exact) mass is 373 g/mol. The first-order valence-corrected chi connectivity index (χ1v) is 7.27. The van der Waals surface area contributed by atoms with Crippen molar-refractivity contribution in [2.24, 2.45) is 0 Å². The van der Waals surface area contributed by atoms with Crippen LogP contribution in [0, 0.1) is 0 Å². The number of ether oxygens (including phenoxy) is 3. The second-order valence-corrected chi connectivity index (χ2v) is 5.64. The predicted molar refractivity (Wildman–Crippen MR) is 80.6 cm³/mol. The third kappa shape index (κ3) is 9.01. The number of hydrogen-bond donors (Lipinski definition) is 2. The molecule has 0 radical (unpaired) electrons. The molecule has 0 bridgehead atoms. The highest BCUT2D eigenvalue weighted by Gasteiger charge is 2.28. The number of rotatable bonds is 10. The summed E-state index contributed by atoms with van der Waals surface area (Å²) in [5.41, 5.74) is 4.99. The molecule has 0 aromatic carbocycles. The molecule has 1 rings (SSSR count). The smallest absolute Gasteiger partial charge is 0.381 e. The first kappa shape index (κ1) is 20.6. The molecule has 24 heavy (non-hydrogen) atoms. The van der Waals surface area contributed by atoms with Gasteiger partial charge in [-0.3, -0.25) is 4.74 Å². The highest BCUT2D eigenvalue weighted by Crippen LogP contribution is 2.16. The fourth-order valence-electron chi connectivity index (χ4n) is 1.48. The Morgan fingerprint density at radius 1 is 1.08 bits per heavy atom. The van der Waals surface area contributed by atoms with Crippen LogP contribution >= 0.6 is 11.6 Å². The van der Waals surface area contributed by atoms with Crippen molar-refractivity contribution >= 4 is 23.4 Å². The van der Waals surface area contributed by atoms with E-state index in [9.17, 15) is 13.2 Å². The fourth-order valence-corrected chi connectivity index (χ4v) is 1.56. The summed E-state index contributed by atoms with van der Waals surface area (Å²) < 4.78 is 49.0. The molecule has 12 heteroatoms. The Labute approximate surface area is 141 Å². The molecule has 0 unspecified atom stereocenters. The van der Waals surface area contributed by atoms with Crippen LogP contribution in [0.4, 0.5) is 24.9 Å². The van der Waals surface area contributed by atoms with E-state index < -0.39 is 18.5 Å². The van der Waals surface area contributed by atoms with Gasteiger partial charge in [-0.25, -0.2) is 0 Å². The number of anilines is 2. The summed E-state index contributed by atoms with van der Waals surface area (Å²) in [6.45, 7) is 3.55. The van der Waals surface area contributed by atoms with E-state index in [0.29, 0.717) is 0 Å². The van der Waals surface area contributed by atoms with Crippen molar-refractivity contribution in [2.75, 3.05) is 44.1 Å². The Morgan fingerprint density at radius 2 is 1.71 bits per heavy atom. The van der Waals surface area contributed by atoms with E-state index in [2.05, 4.69) is 25.2 Å². The lowest BCUT2D eigenvalue weighted by Crippen LogP contribution is -2.37. The number of halogens is 4. The summed E-state index contributed by atoms with van der Waals surface area (Å²) >= 11 is 5.63. The molecular weight excluding hydrogens is 355 g/mol. The first-order valence-electron chi connectivity index (χ1n) is 6.89. The van der Waals surface area contributed by atoms with Gasteiger partial charge in [-0.2, -0.15) is 4.98 Å². The van der Waals surface area contributed by atoms with Gasteiger partial charge in [-0.15, -0.1) is 23.4 Å². The van der Waals surface area contributed by atoms with Crippen LogP contribution in [0.5, 0.6) is 0 Å². The zero-order chi connectivity index (χ0) is 18.2. The van der Waals surface area contributed by atoms with Crippen LogP contribution in [-0.2, 0) is 14.2 Å². The van der Waals surface area contributed by atoms with E-state index in [1.165, 1.54) is 0 Å². The SMILES string of the molecule is CC(C)(COCCOCCOC(F)(F)F)Nc1nnc(Cl)c(N)n1. The fraction of sp³-hybridized carbons (Fsp3) is 0.750. The maximum Gasteiger partial charge on any atom is 0.522 e. The van der Waals surface area contributed by atoms with Crippen molar-refractivity contribution in [2.45, 2.75) is 25.7 Å². The van der Waals surface area contributed by atoms with Crippen LogP contribution in [-0.4, -0.2) is 60.1 Å². The molecule has 138 valence electrons. The number of nitrogens with zero attached hydrogens (tertiary/aromatic N) is 3. The maximum absolute atomic E-state index is 11.7. The average Bonchev–Trinajstić information content (AvgIpc) is 2.44. The van der Waals surface area contributed by atoms with Gasteiger partial charge in [0, 0.05) is 0 Å². The number of nitrogen functional groups attached to an aromatic ring is 1. The summed E-state index contributed by atoms with van der Waals surface area (Å²) in [5, 5.41) is 10.4. The molecule has 3 N–H and O–H groups in total. The van der Waals surface area contributed by atoms with Crippen LogP contribution in [0.25, 0.3) is 0 Å². The van der Waals surface area contributed by atoms with Gasteiger partial charge < -0.3 is 20.5 Å². The summed E-state index contributed by atoms with van der Waals surface area (Å²) in [6, 6.07) is 0. The molecule has 0 amide bonds. The van der Waals surface area contributed by atoms with E-state index in [0.717, 1.165) is 0 Å². The van der Waals surface area contributed by atoms with Crippen LogP contribution in [0.2, 0.25) is 5.15 Å². The minimum Gasteiger partial charge on any atom is -0.381 e. The Balaban J connectivity index is 2.18. The number of aromatic nitrogens is 3. The molecule has 0 aliphatic carbocycles. The van der Waals surface area contributed by atoms with Crippen molar-refractivity contribution in [3.8, 4) is 0 Å². The quantitative estimate of drug-likeness (QED) is 0.599. The third-order valence-corrected chi connectivity index (χ3v) is 2.72. The number of nitrogens with two attached hydrogens (primary N) is 1. The van der Waals surface area contributed by atoms with Crippen molar-refractivity contribution in [1.82, 2.24) is 15.2 Å². The molecule has 0 saturated carbocycles. The topological polar surface area (TPSA) is 104 Å². The molecule has 8 nitrogen and oxygen atoms in total. The van der Waals surface area contributed by atoms with E-state index in [1.54, 1.807) is 0 Å². The minimum absolute atomic E-state index is 0.0151. The largest absolute Gasteiger partial charge is 0.522 e. The van der Waals surface area contributed by atoms with Crippen molar-refractivity contribution in [3.63, 3.8) is 0 Å². The molecule has 0 aliphatic rings. The molecule has 1 heterocycles. The van der Waals surface area contributed by atoms with E-state index >= 15 is 0 Å². The lowest BCUT2D eigenvalue weighted by Gasteiger charge is -2.25. The molecular formula is C12H19ClF3N5O3. The zero-order valence-electron chi connectivity index (χ0n) is 13.2. The molecule has 1 aromatic rings. The predicted octanol–water partition coefficient (Wildman–Crippen LogP) is 1.87. The van der Waals surface area contributed by atoms with Crippen molar-refractivity contribution < 1.29 is 27.4 Å². The van der Waals surface area contributed by atoms with Gasteiger partial charge in [-0.05, 0) is 13.8 Å². The Kier molecular flexibility index (Phi) is 7.87. The molecule has 0 fully saturated rings. The minimum atomic E-state index is -4.64. The van der Waals surface area contributed by atoms with Crippen molar-refractivity contribution in [1.29, 1.82) is 0 Å². The number of nitrogens with one attached hydrogen (secondary N) is 1. The van der Waals surface area contributed by atoms with Gasteiger partial charge >= 0.3 is 6.36 Å². The molecule has 0 spiro atoms. The third-order valence-electron chi connectivity index (χ3n) is 2.45. The molecule has 0 aliphatic heterocycles. The van der Waals surface area contributed by atoms with Crippen LogP contribution in [0.1, 0.15) is 13.8 Å². The van der Waals surface area contributed by atoms with Gasteiger partial charge in [0.25, 0.3) is 0 Å². The van der Waals surface area contributed by atoms with Gasteiger partial charge in [0.05, 0.1) is 38.6 Å². The van der Waals surface area contributed by atoms with Gasteiger partial charge in [0.2, 0.25) is 5.95 Å².